The molecule has 8 rings (SSSR count). The molecule has 8 aromatic carbocycles. The molecular formula is C44H32. The first kappa shape index (κ1) is 26.2. The molecule has 0 fully saturated rings. The van der Waals surface area contributed by atoms with Gasteiger partial charge < -0.3 is 0 Å². The number of benzene rings is 8. The summed E-state index contributed by atoms with van der Waals surface area (Å²) in [6.07, 6.45) is 0. The Kier molecular flexibility index (Phi) is 6.35. The second kappa shape index (κ2) is 10.7. The summed E-state index contributed by atoms with van der Waals surface area (Å²) in [5, 5.41) is 7.85. The van der Waals surface area contributed by atoms with E-state index >= 15 is 0 Å². The van der Waals surface area contributed by atoms with Gasteiger partial charge in [0.15, 0.2) is 0 Å². The van der Waals surface area contributed by atoms with Crippen molar-refractivity contribution < 1.29 is 0 Å². The molecule has 0 amide bonds. The van der Waals surface area contributed by atoms with E-state index in [1.165, 1.54) is 88.0 Å². The summed E-state index contributed by atoms with van der Waals surface area (Å²) in [5.41, 5.74) is 12.5. The van der Waals surface area contributed by atoms with Crippen LogP contribution in [0.5, 0.6) is 0 Å². The molecule has 0 nitrogen and oxygen atoms in total. The average Bonchev–Trinajstić information content (AvgIpc) is 3.09. The zero-order chi connectivity index (χ0) is 29.6. The fourth-order valence-electron chi connectivity index (χ4n) is 6.89. The van der Waals surface area contributed by atoms with Crippen LogP contribution in [0.3, 0.4) is 0 Å². The first-order valence-corrected chi connectivity index (χ1v) is 15.4. The van der Waals surface area contributed by atoms with Crippen molar-refractivity contribution in [3.63, 3.8) is 0 Å². The van der Waals surface area contributed by atoms with Crippen LogP contribution in [0, 0.1) is 13.8 Å². The SMILES string of the molecule is Cc1cc(-c2ccc3c4ccccc4c4ccccc4c3c2)c(C)cc1-c1cc(-c2ccccc2)cc(-c2ccccc2)c1. The lowest BCUT2D eigenvalue weighted by atomic mass is 9.87. The average molecular weight is 561 g/mol. The highest BCUT2D eigenvalue weighted by atomic mass is 14.2. The highest BCUT2D eigenvalue weighted by Crippen LogP contribution is 2.40. The van der Waals surface area contributed by atoms with Gasteiger partial charge in [0.1, 0.15) is 0 Å². The Labute approximate surface area is 258 Å². The third-order valence-corrected chi connectivity index (χ3v) is 9.08. The molecule has 0 saturated carbocycles. The van der Waals surface area contributed by atoms with Gasteiger partial charge in [0.2, 0.25) is 0 Å². The molecule has 0 aliphatic rings. The van der Waals surface area contributed by atoms with Crippen LogP contribution in [0.2, 0.25) is 0 Å². The molecule has 0 bridgehead atoms. The van der Waals surface area contributed by atoms with Gasteiger partial charge in [-0.25, -0.2) is 0 Å². The van der Waals surface area contributed by atoms with Crippen molar-refractivity contribution in [3.05, 3.63) is 169 Å². The zero-order valence-corrected chi connectivity index (χ0v) is 25.0. The maximum Gasteiger partial charge on any atom is -0.00928 e. The molecule has 0 unspecified atom stereocenters. The predicted octanol–water partition coefficient (Wildman–Crippen LogP) is 12.4. The van der Waals surface area contributed by atoms with E-state index in [1.54, 1.807) is 0 Å². The second-order valence-corrected chi connectivity index (χ2v) is 11.9. The van der Waals surface area contributed by atoms with Crippen LogP contribution in [-0.2, 0) is 0 Å². The van der Waals surface area contributed by atoms with Gasteiger partial charge in [-0.15, -0.1) is 0 Å². The normalized spacial score (nSPS) is 11.4. The number of aryl methyl sites for hydroxylation is 2. The molecule has 208 valence electrons. The monoisotopic (exact) mass is 560 g/mol. The molecule has 0 aromatic heterocycles. The summed E-state index contributed by atoms with van der Waals surface area (Å²) in [5.74, 6) is 0. The summed E-state index contributed by atoms with van der Waals surface area (Å²) in [4.78, 5) is 0. The van der Waals surface area contributed by atoms with Gasteiger partial charge >= 0.3 is 0 Å². The summed E-state index contributed by atoms with van der Waals surface area (Å²) in [6, 6.07) is 57.8. The lowest BCUT2D eigenvalue weighted by molar-refractivity contribution is 1.39. The van der Waals surface area contributed by atoms with Crippen LogP contribution < -0.4 is 0 Å². The third kappa shape index (κ3) is 4.48. The van der Waals surface area contributed by atoms with Crippen molar-refractivity contribution in [2.45, 2.75) is 13.8 Å². The Morgan fingerprint density at radius 1 is 0.250 bits per heavy atom. The van der Waals surface area contributed by atoms with E-state index in [2.05, 4.69) is 172 Å². The number of fused-ring (bicyclic) bond motifs is 6. The van der Waals surface area contributed by atoms with E-state index in [0.717, 1.165) is 0 Å². The fraction of sp³-hybridized carbons (Fsp3) is 0.0455. The quantitative estimate of drug-likeness (QED) is 0.188. The largest absolute Gasteiger partial charge is 0.0622 e. The van der Waals surface area contributed by atoms with Crippen LogP contribution >= 0.6 is 0 Å². The lowest BCUT2D eigenvalue weighted by Crippen LogP contribution is -1.92. The van der Waals surface area contributed by atoms with E-state index in [9.17, 15) is 0 Å². The standard InChI is InChI=1S/C44H32/c1-29-24-43(36-26-34(31-13-5-3-6-14-31)25-35(27-36)32-15-7-4-8-16-32)30(2)23-42(29)33-21-22-41-39-19-10-9-17-37(39)38-18-11-12-20-40(38)44(41)28-33/h3-28H,1-2H3. The summed E-state index contributed by atoms with van der Waals surface area (Å²) in [6.45, 7) is 4.50. The van der Waals surface area contributed by atoms with Crippen LogP contribution in [-0.4, -0.2) is 0 Å². The molecule has 0 N–H and O–H groups in total. The van der Waals surface area contributed by atoms with Crippen molar-refractivity contribution in [1.82, 2.24) is 0 Å². The van der Waals surface area contributed by atoms with Crippen LogP contribution in [0.25, 0.3) is 76.8 Å². The molecule has 8 aromatic rings. The Balaban J connectivity index is 1.29. The van der Waals surface area contributed by atoms with Crippen molar-refractivity contribution >= 4 is 32.3 Å². The molecular weight excluding hydrogens is 528 g/mol. The van der Waals surface area contributed by atoms with E-state index in [-0.39, 0.29) is 0 Å². The van der Waals surface area contributed by atoms with E-state index < -0.39 is 0 Å². The summed E-state index contributed by atoms with van der Waals surface area (Å²) < 4.78 is 0. The number of rotatable bonds is 4. The van der Waals surface area contributed by atoms with Crippen molar-refractivity contribution in [1.29, 1.82) is 0 Å². The molecule has 0 saturated heterocycles. The summed E-state index contributed by atoms with van der Waals surface area (Å²) in [7, 11) is 0. The van der Waals surface area contributed by atoms with Crippen molar-refractivity contribution in [2.75, 3.05) is 0 Å². The molecule has 0 aliphatic carbocycles. The van der Waals surface area contributed by atoms with Crippen LogP contribution in [0.15, 0.2) is 158 Å². The van der Waals surface area contributed by atoms with Gasteiger partial charge in [0, 0.05) is 0 Å². The molecule has 0 aliphatic heterocycles. The Morgan fingerprint density at radius 3 is 1.14 bits per heavy atom. The van der Waals surface area contributed by atoms with Gasteiger partial charge in [-0.05, 0) is 126 Å². The van der Waals surface area contributed by atoms with Gasteiger partial charge in [-0.2, -0.15) is 0 Å². The van der Waals surface area contributed by atoms with Crippen LogP contribution in [0.1, 0.15) is 11.1 Å². The van der Waals surface area contributed by atoms with Gasteiger partial charge in [-0.3, -0.25) is 0 Å². The van der Waals surface area contributed by atoms with E-state index in [0.29, 0.717) is 0 Å². The number of hydrogen-bond acceptors (Lipinski definition) is 0. The Morgan fingerprint density at radius 2 is 0.636 bits per heavy atom. The minimum Gasteiger partial charge on any atom is -0.0622 e. The fourth-order valence-corrected chi connectivity index (χ4v) is 6.89. The maximum atomic E-state index is 2.40. The molecule has 0 radical (unpaired) electrons. The predicted molar refractivity (Wildman–Crippen MR) is 190 cm³/mol. The van der Waals surface area contributed by atoms with E-state index in [1.807, 2.05) is 0 Å². The van der Waals surface area contributed by atoms with Crippen molar-refractivity contribution in [2.24, 2.45) is 0 Å². The first-order chi connectivity index (χ1) is 21.6. The summed E-state index contributed by atoms with van der Waals surface area (Å²) >= 11 is 0. The molecule has 44 heavy (non-hydrogen) atoms. The molecule has 0 heterocycles. The minimum atomic E-state index is 1.23. The second-order valence-electron chi connectivity index (χ2n) is 11.9. The van der Waals surface area contributed by atoms with Crippen LogP contribution in [0.4, 0.5) is 0 Å². The van der Waals surface area contributed by atoms with Gasteiger partial charge in [0.05, 0.1) is 0 Å². The van der Waals surface area contributed by atoms with E-state index in [4.69, 9.17) is 0 Å². The minimum absolute atomic E-state index is 1.23. The van der Waals surface area contributed by atoms with Gasteiger partial charge in [0.25, 0.3) is 0 Å². The molecule has 0 spiro atoms. The maximum absolute atomic E-state index is 2.40. The molecule has 0 heteroatoms. The molecule has 0 atom stereocenters. The Bertz CT molecular complexity index is 2230. The zero-order valence-electron chi connectivity index (χ0n) is 25.0. The smallest absolute Gasteiger partial charge is 0.00928 e. The lowest BCUT2D eigenvalue weighted by Gasteiger charge is -2.17. The number of hydrogen-bond donors (Lipinski definition) is 0. The first-order valence-electron chi connectivity index (χ1n) is 15.4. The topological polar surface area (TPSA) is 0 Å². The Hall–Kier alpha value is -5.46. The van der Waals surface area contributed by atoms with Crippen molar-refractivity contribution in [3.8, 4) is 44.5 Å². The third-order valence-electron chi connectivity index (χ3n) is 9.08. The highest BCUT2D eigenvalue weighted by Gasteiger charge is 2.14. The van der Waals surface area contributed by atoms with Gasteiger partial charge in [-0.1, -0.05) is 133 Å². The highest BCUT2D eigenvalue weighted by molar-refractivity contribution is 6.25.